The van der Waals surface area contributed by atoms with Gasteiger partial charge in [0.1, 0.15) is 5.78 Å². The van der Waals surface area contributed by atoms with Gasteiger partial charge in [0, 0.05) is 5.54 Å². The molecule has 0 N–H and O–H groups in total. The number of Topliss-reactive ketones (excluding diaryl/α,β-unsaturated/α-hetero) is 1. The van der Waals surface area contributed by atoms with Gasteiger partial charge in [0.15, 0.2) is 0 Å². The summed E-state index contributed by atoms with van der Waals surface area (Å²) >= 11 is 0. The fourth-order valence-corrected chi connectivity index (χ4v) is 1.02. The van der Waals surface area contributed by atoms with Crippen LogP contribution in [0.4, 0.5) is 13.2 Å². The van der Waals surface area contributed by atoms with E-state index in [0.29, 0.717) is 0 Å². The second-order valence-corrected chi connectivity index (χ2v) is 4.34. The van der Waals surface area contributed by atoms with Gasteiger partial charge in [0.2, 0.25) is 0 Å². The number of halogens is 3. The second-order valence-electron chi connectivity index (χ2n) is 4.34. The summed E-state index contributed by atoms with van der Waals surface area (Å²) in [6.45, 7) is 5.04. The third-order valence-electron chi connectivity index (χ3n) is 1.73. The van der Waals surface area contributed by atoms with Gasteiger partial charge in [-0.1, -0.05) is 0 Å². The number of rotatable bonds is 3. The molecule has 0 aliphatic heterocycles. The lowest BCUT2D eigenvalue weighted by atomic mass is 10.1. The maximum Gasteiger partial charge on any atom is 0.401 e. The highest BCUT2D eigenvalue weighted by Crippen LogP contribution is 2.22. The maximum atomic E-state index is 12.1. The van der Waals surface area contributed by atoms with Gasteiger partial charge in [0.25, 0.3) is 0 Å². The molecule has 0 heterocycles. The fraction of sp³-hybridized carbons (Fsp3) is 0.889. The number of hydrogen-bond acceptors (Lipinski definition) is 2. The van der Waals surface area contributed by atoms with E-state index in [1.54, 1.807) is 20.8 Å². The van der Waals surface area contributed by atoms with Gasteiger partial charge in [-0.3, -0.25) is 9.69 Å². The molecule has 0 spiro atoms. The first kappa shape index (κ1) is 13.4. The van der Waals surface area contributed by atoms with Crippen LogP contribution in [-0.4, -0.2) is 35.5 Å². The van der Waals surface area contributed by atoms with Crippen molar-refractivity contribution in [3.05, 3.63) is 0 Å². The van der Waals surface area contributed by atoms with Crippen molar-refractivity contribution in [2.45, 2.75) is 39.4 Å². The number of carbonyl (C=O) groups excluding carboxylic acids is 1. The number of nitrogens with zero attached hydrogens (tertiary/aromatic N) is 1. The summed E-state index contributed by atoms with van der Waals surface area (Å²) in [6, 6.07) is 0. The molecular weight excluding hydrogens is 195 g/mol. The Balaban J connectivity index is 4.50. The van der Waals surface area contributed by atoms with Crippen LogP contribution in [0.3, 0.4) is 0 Å². The topological polar surface area (TPSA) is 20.3 Å². The van der Waals surface area contributed by atoms with E-state index >= 15 is 0 Å². The van der Waals surface area contributed by atoms with Crippen LogP contribution in [0.5, 0.6) is 0 Å². The normalized spacial score (nSPS) is 13.4. The Labute approximate surface area is 82.1 Å². The predicted octanol–water partition coefficient (Wildman–Crippen LogP) is 2.24. The van der Waals surface area contributed by atoms with Crippen LogP contribution in [0, 0.1) is 0 Å². The van der Waals surface area contributed by atoms with Crippen molar-refractivity contribution in [1.82, 2.24) is 4.90 Å². The molecule has 0 aromatic carbocycles. The summed E-state index contributed by atoms with van der Waals surface area (Å²) in [5.41, 5.74) is -0.652. The number of alkyl halides is 3. The van der Waals surface area contributed by atoms with Gasteiger partial charge in [-0.25, -0.2) is 0 Å². The van der Waals surface area contributed by atoms with E-state index in [2.05, 4.69) is 0 Å². The predicted molar refractivity (Wildman–Crippen MR) is 48.1 cm³/mol. The van der Waals surface area contributed by atoms with Crippen LogP contribution in [0.15, 0.2) is 0 Å². The van der Waals surface area contributed by atoms with E-state index in [1.807, 2.05) is 0 Å². The van der Waals surface area contributed by atoms with E-state index in [0.717, 1.165) is 4.90 Å². The summed E-state index contributed by atoms with van der Waals surface area (Å²) in [5.74, 6) is -0.260. The molecule has 0 rings (SSSR count). The van der Waals surface area contributed by atoms with Crippen LogP contribution >= 0.6 is 0 Å². The van der Waals surface area contributed by atoms with Crippen molar-refractivity contribution >= 4 is 5.78 Å². The molecule has 84 valence electrons. The highest BCUT2D eigenvalue weighted by atomic mass is 19.4. The Bertz CT molecular complexity index is 205. The molecule has 2 nitrogen and oxygen atoms in total. The Morgan fingerprint density at radius 2 is 1.64 bits per heavy atom. The minimum atomic E-state index is -4.26. The number of ketones is 1. The summed E-state index contributed by atoms with van der Waals surface area (Å²) < 4.78 is 36.4. The van der Waals surface area contributed by atoms with Crippen LogP contribution < -0.4 is 0 Å². The third-order valence-corrected chi connectivity index (χ3v) is 1.73. The first-order valence-electron chi connectivity index (χ1n) is 4.33. The van der Waals surface area contributed by atoms with Crippen molar-refractivity contribution in [2.24, 2.45) is 0 Å². The summed E-state index contributed by atoms with van der Waals surface area (Å²) in [4.78, 5) is 11.9. The average molecular weight is 211 g/mol. The van der Waals surface area contributed by atoms with Crippen LogP contribution in [0.1, 0.15) is 27.7 Å². The van der Waals surface area contributed by atoms with E-state index in [1.165, 1.54) is 6.92 Å². The Morgan fingerprint density at radius 3 is 1.86 bits per heavy atom. The zero-order chi connectivity index (χ0) is 11.6. The van der Waals surface area contributed by atoms with Gasteiger partial charge in [-0.15, -0.1) is 0 Å². The second kappa shape index (κ2) is 4.29. The lowest BCUT2D eigenvalue weighted by Gasteiger charge is -2.35. The molecule has 0 radical (unpaired) electrons. The zero-order valence-corrected chi connectivity index (χ0v) is 8.90. The lowest BCUT2D eigenvalue weighted by molar-refractivity contribution is -0.158. The number of hydrogen-bond donors (Lipinski definition) is 0. The molecule has 0 atom stereocenters. The van der Waals surface area contributed by atoms with E-state index in [9.17, 15) is 18.0 Å². The largest absolute Gasteiger partial charge is 0.401 e. The first-order valence-corrected chi connectivity index (χ1v) is 4.33. The number of carbonyl (C=O) groups is 1. The van der Waals surface area contributed by atoms with Crippen molar-refractivity contribution in [1.29, 1.82) is 0 Å². The molecule has 0 bridgehead atoms. The van der Waals surface area contributed by atoms with E-state index in [-0.39, 0.29) is 12.3 Å². The SMILES string of the molecule is CC(=O)CN(CC(F)(F)F)C(C)(C)C. The molecule has 0 aliphatic rings. The monoisotopic (exact) mass is 211 g/mol. The van der Waals surface area contributed by atoms with Crippen molar-refractivity contribution < 1.29 is 18.0 Å². The molecule has 0 aliphatic carbocycles. The highest BCUT2D eigenvalue weighted by Gasteiger charge is 2.35. The molecule has 0 fully saturated rings. The van der Waals surface area contributed by atoms with Crippen LogP contribution in [-0.2, 0) is 4.79 Å². The molecule has 0 saturated heterocycles. The standard InChI is InChI=1S/C9H16F3NO/c1-7(14)5-13(8(2,3)4)6-9(10,11)12/h5-6H2,1-4H3. The van der Waals surface area contributed by atoms with Crippen LogP contribution in [0.2, 0.25) is 0 Å². The van der Waals surface area contributed by atoms with Crippen LogP contribution in [0.25, 0.3) is 0 Å². The molecule has 0 saturated carbocycles. The Hall–Kier alpha value is -0.580. The van der Waals surface area contributed by atoms with Gasteiger partial charge < -0.3 is 0 Å². The highest BCUT2D eigenvalue weighted by molar-refractivity contribution is 5.77. The summed E-state index contributed by atoms with van der Waals surface area (Å²) in [5, 5.41) is 0. The lowest BCUT2D eigenvalue weighted by Crippen LogP contribution is -2.48. The van der Waals surface area contributed by atoms with Crippen molar-refractivity contribution in [2.75, 3.05) is 13.1 Å². The third kappa shape index (κ3) is 5.96. The first-order chi connectivity index (χ1) is 6.02. The smallest absolute Gasteiger partial charge is 0.299 e. The van der Waals surface area contributed by atoms with E-state index < -0.39 is 18.3 Å². The fourth-order valence-electron chi connectivity index (χ4n) is 1.02. The van der Waals surface area contributed by atoms with Crippen molar-refractivity contribution in [3.63, 3.8) is 0 Å². The molecule has 0 aromatic rings. The molecule has 0 aromatic heterocycles. The van der Waals surface area contributed by atoms with Crippen molar-refractivity contribution in [3.8, 4) is 0 Å². The summed E-state index contributed by atoms with van der Waals surface area (Å²) in [6.07, 6.45) is -4.26. The zero-order valence-electron chi connectivity index (χ0n) is 8.90. The molecule has 14 heavy (non-hydrogen) atoms. The average Bonchev–Trinajstić information content (AvgIpc) is 1.78. The van der Waals surface area contributed by atoms with Gasteiger partial charge >= 0.3 is 6.18 Å². The summed E-state index contributed by atoms with van der Waals surface area (Å²) in [7, 11) is 0. The Kier molecular flexibility index (Phi) is 4.12. The molecule has 5 heteroatoms. The molecular formula is C9H16F3NO. The molecule has 0 unspecified atom stereocenters. The minimum absolute atomic E-state index is 0.164. The van der Waals surface area contributed by atoms with E-state index in [4.69, 9.17) is 0 Å². The van der Waals surface area contributed by atoms with Gasteiger partial charge in [-0.05, 0) is 27.7 Å². The quantitative estimate of drug-likeness (QED) is 0.713. The van der Waals surface area contributed by atoms with Gasteiger partial charge in [0.05, 0.1) is 13.1 Å². The molecule has 0 amide bonds. The Morgan fingerprint density at radius 1 is 1.21 bits per heavy atom. The maximum absolute atomic E-state index is 12.1. The van der Waals surface area contributed by atoms with Gasteiger partial charge in [-0.2, -0.15) is 13.2 Å². The minimum Gasteiger partial charge on any atom is -0.299 e.